The van der Waals surface area contributed by atoms with Crippen molar-refractivity contribution in [3.63, 3.8) is 0 Å². The fourth-order valence-electron chi connectivity index (χ4n) is 0.182. The van der Waals surface area contributed by atoms with Crippen molar-refractivity contribution < 1.29 is 0 Å². The second kappa shape index (κ2) is 1.34. The predicted molar refractivity (Wildman–Crippen MR) is 23.3 cm³/mol. The van der Waals surface area contributed by atoms with Gasteiger partial charge in [0.05, 0.1) is 0 Å². The Labute approximate surface area is 39.8 Å². The van der Waals surface area contributed by atoms with Crippen molar-refractivity contribution in [2.75, 3.05) is 0 Å². The van der Waals surface area contributed by atoms with E-state index in [1.165, 1.54) is 11.3 Å². The van der Waals surface area contributed by atoms with E-state index < -0.39 is 0 Å². The van der Waals surface area contributed by atoms with Crippen LogP contribution in [0.5, 0.6) is 0 Å². The largest absolute Gasteiger partial charge is 0.147 e. The van der Waals surface area contributed by atoms with Crippen LogP contribution in [0.1, 0.15) is 5.01 Å². The van der Waals surface area contributed by atoms with E-state index in [9.17, 15) is 0 Å². The summed E-state index contributed by atoms with van der Waals surface area (Å²) in [6.45, 7) is 5.12. The zero-order valence-corrected chi connectivity index (χ0v) is 3.77. The number of hydrogen-bond donors (Lipinski definition) is 0. The molecule has 0 N–H and O–H groups in total. The Morgan fingerprint density at radius 3 is 2.83 bits per heavy atom. The molecule has 0 bridgehead atoms. The summed E-state index contributed by atoms with van der Waals surface area (Å²) in [5.74, 6) is 0. The second-order valence-electron chi connectivity index (χ2n) is 0.777. The van der Waals surface area contributed by atoms with Crippen LogP contribution in [0.15, 0.2) is 5.51 Å². The fraction of sp³-hybridized carbons (Fsp3) is 0. The van der Waals surface area contributed by atoms with Crippen molar-refractivity contribution in [1.29, 1.82) is 0 Å². The van der Waals surface area contributed by atoms with Gasteiger partial charge in [0.2, 0.25) is 0 Å². The van der Waals surface area contributed by atoms with E-state index in [0.29, 0.717) is 5.01 Å². The quantitative estimate of drug-likeness (QED) is 0.474. The third-order valence-electron chi connectivity index (χ3n) is 0.377. The van der Waals surface area contributed by atoms with Crippen molar-refractivity contribution in [3.05, 3.63) is 17.4 Å². The molecule has 2 nitrogen and oxygen atoms in total. The van der Waals surface area contributed by atoms with Crippen LogP contribution in [0.4, 0.5) is 0 Å². The average Bonchev–Trinajstić information content (AvgIpc) is 1.86. The van der Waals surface area contributed by atoms with Gasteiger partial charge in [0.15, 0.2) is 0 Å². The Morgan fingerprint density at radius 2 is 2.67 bits per heavy atom. The van der Waals surface area contributed by atoms with Crippen molar-refractivity contribution in [3.8, 4) is 0 Å². The van der Waals surface area contributed by atoms with E-state index in [0.717, 1.165) is 0 Å². The van der Waals surface area contributed by atoms with E-state index in [4.69, 9.17) is 6.92 Å². The molecule has 0 aliphatic rings. The number of aromatic nitrogens is 2. The molecule has 0 aromatic carbocycles. The molecule has 0 fully saturated rings. The van der Waals surface area contributed by atoms with Crippen molar-refractivity contribution in [2.24, 2.45) is 0 Å². The molecule has 2 radical (unpaired) electrons. The van der Waals surface area contributed by atoms with Gasteiger partial charge < -0.3 is 0 Å². The van der Waals surface area contributed by atoms with Gasteiger partial charge in [-0.3, -0.25) is 0 Å². The Balaban J connectivity index is 3.05. The highest BCUT2D eigenvalue weighted by Crippen LogP contribution is 1.94. The van der Waals surface area contributed by atoms with Gasteiger partial charge >= 0.3 is 0 Å². The first-order valence-corrected chi connectivity index (χ1v) is 2.29. The van der Waals surface area contributed by atoms with Gasteiger partial charge in [-0.2, -0.15) is 0 Å². The molecule has 1 aromatic heterocycles. The van der Waals surface area contributed by atoms with Gasteiger partial charge in [0.25, 0.3) is 0 Å². The van der Waals surface area contributed by atoms with Crippen LogP contribution in [-0.4, -0.2) is 10.2 Å². The van der Waals surface area contributed by atoms with E-state index in [2.05, 4.69) is 10.2 Å². The van der Waals surface area contributed by atoms with E-state index in [-0.39, 0.29) is 0 Å². The van der Waals surface area contributed by atoms with Crippen LogP contribution in [0.25, 0.3) is 0 Å². The zero-order valence-electron chi connectivity index (χ0n) is 2.96. The number of hydrogen-bond acceptors (Lipinski definition) is 3. The molecule has 0 atom stereocenters. The zero-order chi connectivity index (χ0) is 4.41. The van der Waals surface area contributed by atoms with Gasteiger partial charge in [-0.1, -0.05) is 0 Å². The molecule has 6 heavy (non-hydrogen) atoms. The molecular formula is C3H2N2S. The lowest BCUT2D eigenvalue weighted by molar-refractivity contribution is 1.07. The lowest BCUT2D eigenvalue weighted by atomic mass is 10.9. The monoisotopic (exact) mass is 98.0 g/mol. The van der Waals surface area contributed by atoms with Gasteiger partial charge in [0, 0.05) is 6.92 Å². The molecule has 1 heterocycles. The highest BCUT2D eigenvalue weighted by atomic mass is 32.1. The molecule has 0 aliphatic carbocycles. The van der Waals surface area contributed by atoms with Crippen LogP contribution in [-0.2, 0) is 0 Å². The maximum atomic E-state index is 5.12. The third-order valence-corrected chi connectivity index (χ3v) is 0.900. The normalized spacial score (nSPS) is 8.83. The highest BCUT2D eigenvalue weighted by Gasteiger charge is 1.78. The van der Waals surface area contributed by atoms with Gasteiger partial charge in [0.1, 0.15) is 10.5 Å². The van der Waals surface area contributed by atoms with Crippen LogP contribution < -0.4 is 0 Å². The molecule has 30 valence electrons. The smallest absolute Gasteiger partial charge is 0.121 e. The SMILES string of the molecule is [CH]c1nncs1. The highest BCUT2D eigenvalue weighted by molar-refractivity contribution is 7.09. The van der Waals surface area contributed by atoms with Crippen molar-refractivity contribution >= 4 is 11.3 Å². The summed E-state index contributed by atoms with van der Waals surface area (Å²) in [4.78, 5) is 0. The van der Waals surface area contributed by atoms with Crippen LogP contribution in [0.3, 0.4) is 0 Å². The first kappa shape index (κ1) is 3.74. The first-order chi connectivity index (χ1) is 2.89. The lowest BCUT2D eigenvalue weighted by Crippen LogP contribution is -1.64. The molecule has 3 heteroatoms. The summed E-state index contributed by atoms with van der Waals surface area (Å²) in [7, 11) is 0. The summed E-state index contributed by atoms with van der Waals surface area (Å²) in [5, 5.41) is 7.45. The fourth-order valence-corrected chi connectivity index (χ4v) is 0.478. The van der Waals surface area contributed by atoms with Crippen LogP contribution >= 0.6 is 11.3 Å². The molecule has 0 aliphatic heterocycles. The molecule has 0 unspecified atom stereocenters. The summed E-state index contributed by atoms with van der Waals surface area (Å²) in [5.41, 5.74) is 1.59. The second-order valence-corrected chi connectivity index (χ2v) is 1.64. The topological polar surface area (TPSA) is 25.8 Å². The van der Waals surface area contributed by atoms with Crippen LogP contribution in [0, 0.1) is 6.92 Å². The molecule has 0 saturated heterocycles. The van der Waals surface area contributed by atoms with E-state index in [1.807, 2.05) is 0 Å². The average molecular weight is 98.1 g/mol. The molecule has 0 amide bonds. The summed E-state index contributed by atoms with van der Waals surface area (Å²) < 4.78 is 0. The Bertz CT molecular complexity index is 112. The minimum Gasteiger partial charge on any atom is -0.147 e. The molecule has 1 aromatic rings. The number of nitrogens with zero attached hydrogens (tertiary/aromatic N) is 2. The molecule has 1 rings (SSSR count). The van der Waals surface area contributed by atoms with Crippen molar-refractivity contribution in [2.45, 2.75) is 0 Å². The van der Waals surface area contributed by atoms with Crippen molar-refractivity contribution in [1.82, 2.24) is 10.2 Å². The Hall–Kier alpha value is -0.440. The van der Waals surface area contributed by atoms with Crippen LogP contribution in [0.2, 0.25) is 0 Å². The molecular weight excluding hydrogens is 96.1 g/mol. The van der Waals surface area contributed by atoms with E-state index >= 15 is 0 Å². The maximum Gasteiger partial charge on any atom is 0.121 e. The Morgan fingerprint density at radius 1 is 1.83 bits per heavy atom. The van der Waals surface area contributed by atoms with Gasteiger partial charge in [-0.25, -0.2) is 0 Å². The number of rotatable bonds is 0. The minimum absolute atomic E-state index is 0.523. The van der Waals surface area contributed by atoms with E-state index in [1.54, 1.807) is 5.51 Å². The minimum atomic E-state index is 0.523. The van der Waals surface area contributed by atoms with Gasteiger partial charge in [-0.05, 0) is 0 Å². The third kappa shape index (κ3) is 0.542. The maximum absolute atomic E-state index is 5.12. The van der Waals surface area contributed by atoms with Gasteiger partial charge in [-0.15, -0.1) is 21.5 Å². The lowest BCUT2D eigenvalue weighted by Gasteiger charge is -1.60. The summed E-state index contributed by atoms with van der Waals surface area (Å²) in [6, 6.07) is 0. The summed E-state index contributed by atoms with van der Waals surface area (Å²) in [6.07, 6.45) is 0. The standard InChI is InChI=1S/C3H2N2S/c1-3-5-4-2-6-3/h1-2H. The summed E-state index contributed by atoms with van der Waals surface area (Å²) >= 11 is 1.33. The first-order valence-electron chi connectivity index (χ1n) is 1.41. The molecule has 0 spiro atoms. The predicted octanol–water partition coefficient (Wildman–Crippen LogP) is 0.597. The molecule has 0 saturated carbocycles. The Kier molecular flexibility index (Phi) is 0.837.